The summed E-state index contributed by atoms with van der Waals surface area (Å²) in [5, 5.41) is 0. The van der Waals surface area contributed by atoms with Gasteiger partial charge in [0.15, 0.2) is 5.78 Å². The van der Waals surface area contributed by atoms with Gasteiger partial charge in [0.2, 0.25) is 5.78 Å². The van der Waals surface area contributed by atoms with Gasteiger partial charge in [0, 0.05) is 32.3 Å². The Morgan fingerprint density at radius 1 is 0.880 bits per heavy atom. The molecule has 0 unspecified atom stereocenters. The van der Waals surface area contributed by atoms with Crippen LogP contribution < -0.4 is 4.90 Å². The van der Waals surface area contributed by atoms with Gasteiger partial charge in [-0.2, -0.15) is 0 Å². The van der Waals surface area contributed by atoms with Crippen molar-refractivity contribution in [3.05, 3.63) is 34.7 Å². The summed E-state index contributed by atoms with van der Waals surface area (Å²) in [4.78, 5) is 34.7. The van der Waals surface area contributed by atoms with E-state index in [1.807, 2.05) is 13.0 Å². The number of anilines is 1. The minimum atomic E-state index is -0.0882. The molecule has 1 aromatic rings. The number of aryl methyl sites for hydroxylation is 1. The van der Waals surface area contributed by atoms with Gasteiger partial charge >= 0.3 is 0 Å². The molecule has 0 radical (unpaired) electrons. The Kier molecular flexibility index (Phi) is 4.32. The fraction of sp³-hybridized carbons (Fsp3) is 0.550. The van der Waals surface area contributed by atoms with E-state index < -0.39 is 0 Å². The predicted molar refractivity (Wildman–Crippen MR) is 97.2 cm³/mol. The van der Waals surface area contributed by atoms with E-state index in [1.54, 1.807) is 0 Å². The molecular formula is C20H25N3O2. The van der Waals surface area contributed by atoms with Crippen molar-refractivity contribution in [1.82, 2.24) is 9.88 Å². The number of carbonyl (C=O) groups excluding carboxylic acids is 2. The molecule has 2 aliphatic heterocycles. The van der Waals surface area contributed by atoms with Crippen LogP contribution in [0.3, 0.4) is 0 Å². The van der Waals surface area contributed by atoms with Gasteiger partial charge in [-0.1, -0.05) is 0 Å². The number of pyridine rings is 1. The van der Waals surface area contributed by atoms with Gasteiger partial charge < -0.3 is 9.80 Å². The van der Waals surface area contributed by atoms with Gasteiger partial charge in [0.05, 0.1) is 11.3 Å². The van der Waals surface area contributed by atoms with E-state index >= 15 is 0 Å². The highest BCUT2D eigenvalue weighted by Gasteiger charge is 2.32. The van der Waals surface area contributed by atoms with Crippen molar-refractivity contribution < 1.29 is 9.59 Å². The second kappa shape index (κ2) is 6.62. The highest BCUT2D eigenvalue weighted by molar-refractivity contribution is 6.23. The number of carbonyl (C=O) groups is 2. The zero-order chi connectivity index (χ0) is 17.4. The Hall–Kier alpha value is -2.17. The number of nitrogens with zero attached hydrogens (tertiary/aromatic N) is 3. The highest BCUT2D eigenvalue weighted by atomic mass is 16.1. The Morgan fingerprint density at radius 2 is 1.48 bits per heavy atom. The predicted octanol–water partition coefficient (Wildman–Crippen LogP) is 3.13. The maximum absolute atomic E-state index is 13.1. The Balaban J connectivity index is 1.70. The highest BCUT2D eigenvalue weighted by Crippen LogP contribution is 2.29. The fourth-order valence-corrected chi connectivity index (χ4v) is 4.15. The molecule has 1 aliphatic carbocycles. The lowest BCUT2D eigenvalue weighted by atomic mass is 9.94. The second-order valence-corrected chi connectivity index (χ2v) is 7.34. The van der Waals surface area contributed by atoms with Crippen LogP contribution >= 0.6 is 0 Å². The van der Waals surface area contributed by atoms with Crippen LogP contribution in [0.1, 0.15) is 64.9 Å². The van der Waals surface area contributed by atoms with Crippen LogP contribution in [0.4, 0.5) is 5.82 Å². The molecule has 5 heteroatoms. The molecule has 0 amide bonds. The van der Waals surface area contributed by atoms with Crippen molar-refractivity contribution in [2.24, 2.45) is 0 Å². The van der Waals surface area contributed by atoms with Gasteiger partial charge in [-0.05, 0) is 57.1 Å². The minimum Gasteiger partial charge on any atom is -0.368 e. The topological polar surface area (TPSA) is 53.5 Å². The van der Waals surface area contributed by atoms with Crippen molar-refractivity contribution in [2.45, 2.75) is 45.4 Å². The monoisotopic (exact) mass is 339 g/mol. The third kappa shape index (κ3) is 2.96. The molecule has 2 saturated heterocycles. The van der Waals surface area contributed by atoms with E-state index in [0.717, 1.165) is 63.2 Å². The molecule has 25 heavy (non-hydrogen) atoms. The second-order valence-electron chi connectivity index (χ2n) is 7.34. The standard InChI is InChI=1S/C20H25N3O2/c1-14-12-15-17(24)13-16(22-8-4-2-5-9-22)19(25)18(15)21-20(14)23-10-6-3-7-11-23/h12-13H,2-11H2,1H3. The molecule has 0 spiro atoms. The molecule has 3 heterocycles. The fourth-order valence-electron chi connectivity index (χ4n) is 4.15. The van der Waals surface area contributed by atoms with Crippen LogP contribution in [0.25, 0.3) is 0 Å². The van der Waals surface area contributed by atoms with E-state index in [1.165, 1.54) is 18.9 Å². The molecule has 132 valence electrons. The van der Waals surface area contributed by atoms with Crippen LogP contribution in [0.15, 0.2) is 17.8 Å². The van der Waals surface area contributed by atoms with Crippen molar-refractivity contribution in [2.75, 3.05) is 31.1 Å². The number of piperidine rings is 2. The van der Waals surface area contributed by atoms with Crippen molar-refractivity contribution >= 4 is 17.4 Å². The van der Waals surface area contributed by atoms with Gasteiger partial charge in [-0.25, -0.2) is 4.98 Å². The molecule has 5 nitrogen and oxygen atoms in total. The van der Waals surface area contributed by atoms with E-state index in [9.17, 15) is 9.59 Å². The summed E-state index contributed by atoms with van der Waals surface area (Å²) < 4.78 is 0. The van der Waals surface area contributed by atoms with E-state index in [4.69, 9.17) is 4.98 Å². The minimum absolute atomic E-state index is 0.0871. The molecular weight excluding hydrogens is 314 g/mol. The number of aromatic nitrogens is 1. The summed E-state index contributed by atoms with van der Waals surface area (Å²) in [6, 6.07) is 1.86. The SMILES string of the molecule is Cc1cc2c(nc1N1CCCCC1)C(=O)C(N1CCCCC1)=CC2=O. The first-order chi connectivity index (χ1) is 12.1. The van der Waals surface area contributed by atoms with Crippen LogP contribution in [-0.4, -0.2) is 47.6 Å². The smallest absolute Gasteiger partial charge is 0.228 e. The summed E-state index contributed by atoms with van der Waals surface area (Å²) in [5.41, 5.74) is 2.33. The maximum atomic E-state index is 13.1. The maximum Gasteiger partial charge on any atom is 0.228 e. The number of rotatable bonds is 2. The number of hydrogen-bond acceptors (Lipinski definition) is 5. The van der Waals surface area contributed by atoms with Crippen LogP contribution in [0, 0.1) is 6.92 Å². The zero-order valence-electron chi connectivity index (χ0n) is 14.9. The number of fused-ring (bicyclic) bond motifs is 1. The van der Waals surface area contributed by atoms with Crippen LogP contribution in [-0.2, 0) is 0 Å². The molecule has 3 aliphatic rings. The van der Waals surface area contributed by atoms with Gasteiger partial charge in [-0.15, -0.1) is 0 Å². The summed E-state index contributed by atoms with van der Waals surface area (Å²) in [5.74, 6) is 0.699. The molecule has 2 fully saturated rings. The lowest BCUT2D eigenvalue weighted by Gasteiger charge is -2.33. The summed E-state index contributed by atoms with van der Waals surface area (Å²) in [6.45, 7) is 5.64. The normalized spacial score (nSPS) is 21.2. The van der Waals surface area contributed by atoms with Crippen LogP contribution in [0.5, 0.6) is 0 Å². The summed E-state index contributed by atoms with van der Waals surface area (Å²) in [7, 11) is 0. The Labute approximate surface area is 148 Å². The molecule has 0 aromatic carbocycles. The first-order valence-corrected chi connectivity index (χ1v) is 9.47. The molecule has 4 rings (SSSR count). The van der Waals surface area contributed by atoms with Gasteiger partial charge in [0.1, 0.15) is 11.5 Å². The quantitative estimate of drug-likeness (QED) is 0.828. The summed E-state index contributed by atoms with van der Waals surface area (Å²) >= 11 is 0. The van der Waals surface area contributed by atoms with E-state index in [2.05, 4.69) is 9.80 Å². The number of allylic oxidation sites excluding steroid dienone is 2. The Bertz CT molecular complexity index is 742. The molecule has 0 N–H and O–H groups in total. The van der Waals surface area contributed by atoms with Crippen molar-refractivity contribution in [3.63, 3.8) is 0 Å². The largest absolute Gasteiger partial charge is 0.368 e. The van der Waals surface area contributed by atoms with E-state index in [0.29, 0.717) is 17.0 Å². The zero-order valence-corrected chi connectivity index (χ0v) is 14.9. The number of hydrogen-bond donors (Lipinski definition) is 0. The lowest BCUT2D eigenvalue weighted by molar-refractivity contribution is 0.0939. The van der Waals surface area contributed by atoms with E-state index in [-0.39, 0.29) is 11.6 Å². The number of likely N-dealkylation sites (tertiary alicyclic amines) is 1. The molecule has 0 saturated carbocycles. The lowest BCUT2D eigenvalue weighted by Crippen LogP contribution is -2.36. The molecule has 0 atom stereocenters. The average molecular weight is 339 g/mol. The number of ketones is 2. The first-order valence-electron chi connectivity index (χ1n) is 9.47. The third-order valence-electron chi connectivity index (χ3n) is 5.52. The average Bonchev–Trinajstić information content (AvgIpc) is 2.66. The number of Topliss-reactive ketones (excluding diaryl/α,β-unsaturated/α-hetero) is 1. The van der Waals surface area contributed by atoms with Gasteiger partial charge in [0.25, 0.3) is 0 Å². The third-order valence-corrected chi connectivity index (χ3v) is 5.52. The summed E-state index contributed by atoms with van der Waals surface area (Å²) in [6.07, 6.45) is 8.43. The van der Waals surface area contributed by atoms with Crippen LogP contribution in [0.2, 0.25) is 0 Å². The van der Waals surface area contributed by atoms with Gasteiger partial charge in [-0.3, -0.25) is 9.59 Å². The Morgan fingerprint density at radius 3 is 2.12 bits per heavy atom. The molecule has 0 bridgehead atoms. The van der Waals surface area contributed by atoms with Crippen molar-refractivity contribution in [1.29, 1.82) is 0 Å². The molecule has 1 aromatic heterocycles. The first kappa shape index (κ1) is 16.3. The van der Waals surface area contributed by atoms with Crippen molar-refractivity contribution in [3.8, 4) is 0 Å².